The van der Waals surface area contributed by atoms with Gasteiger partial charge in [0.2, 0.25) is 0 Å². The Morgan fingerprint density at radius 1 is 0.875 bits per heavy atom. The van der Waals surface area contributed by atoms with Crippen molar-refractivity contribution in [3.8, 4) is 11.4 Å². The molecule has 24 heavy (non-hydrogen) atoms. The average molecular weight is 317 g/mol. The quantitative estimate of drug-likeness (QED) is 0.619. The Kier molecular flexibility index (Phi) is 3.55. The Morgan fingerprint density at radius 3 is 2.54 bits per heavy atom. The Morgan fingerprint density at radius 2 is 1.71 bits per heavy atom. The predicted molar refractivity (Wildman–Crippen MR) is 90.2 cm³/mol. The molecular weight excluding hydrogens is 305 g/mol. The third kappa shape index (κ3) is 2.77. The molecule has 1 aromatic carbocycles. The van der Waals surface area contributed by atoms with Gasteiger partial charge in [-0.1, -0.05) is 6.07 Å². The fraction of sp³-hybridized carbons (Fsp3) is 0. The molecule has 0 atom stereocenters. The van der Waals surface area contributed by atoms with E-state index >= 15 is 0 Å². The van der Waals surface area contributed by atoms with E-state index in [2.05, 4.69) is 25.3 Å². The summed E-state index contributed by atoms with van der Waals surface area (Å²) >= 11 is 0. The standard InChI is InChI=1S/C18H12FN5/c19-13-2-1-3-14(10-13)22-18-15-11-21-9-6-16(15)23-17(24-18)12-4-7-20-8-5-12/h1-11H,(H,22,23,24). The van der Waals surface area contributed by atoms with E-state index in [1.807, 2.05) is 18.2 Å². The van der Waals surface area contributed by atoms with E-state index in [9.17, 15) is 4.39 Å². The molecule has 0 aliphatic carbocycles. The summed E-state index contributed by atoms with van der Waals surface area (Å²) in [5, 5.41) is 3.91. The molecule has 0 saturated heterocycles. The van der Waals surface area contributed by atoms with Gasteiger partial charge in [0.05, 0.1) is 10.9 Å². The summed E-state index contributed by atoms with van der Waals surface area (Å²) in [4.78, 5) is 17.3. The van der Waals surface area contributed by atoms with Crippen LogP contribution in [0.4, 0.5) is 15.9 Å². The number of hydrogen-bond donors (Lipinski definition) is 1. The third-order valence-electron chi connectivity index (χ3n) is 3.52. The fourth-order valence-corrected chi connectivity index (χ4v) is 2.40. The number of pyridine rings is 2. The van der Waals surface area contributed by atoms with Crippen LogP contribution in [-0.2, 0) is 0 Å². The Hall–Kier alpha value is -3.41. The molecule has 4 aromatic rings. The van der Waals surface area contributed by atoms with Gasteiger partial charge >= 0.3 is 0 Å². The lowest BCUT2D eigenvalue weighted by atomic mass is 10.2. The molecule has 6 heteroatoms. The van der Waals surface area contributed by atoms with Gasteiger partial charge in [0.25, 0.3) is 0 Å². The van der Waals surface area contributed by atoms with Gasteiger partial charge < -0.3 is 5.32 Å². The van der Waals surface area contributed by atoms with E-state index in [1.165, 1.54) is 12.1 Å². The number of halogens is 1. The van der Waals surface area contributed by atoms with Crippen molar-refractivity contribution in [3.05, 3.63) is 73.1 Å². The fourth-order valence-electron chi connectivity index (χ4n) is 2.40. The zero-order valence-electron chi connectivity index (χ0n) is 12.5. The Labute approximate surface area is 137 Å². The molecule has 1 N–H and O–H groups in total. The molecule has 5 nitrogen and oxygen atoms in total. The summed E-state index contributed by atoms with van der Waals surface area (Å²) in [6, 6.07) is 11.7. The number of anilines is 2. The van der Waals surface area contributed by atoms with Crippen LogP contribution in [0.25, 0.3) is 22.3 Å². The number of fused-ring (bicyclic) bond motifs is 1. The van der Waals surface area contributed by atoms with Crippen molar-refractivity contribution in [1.82, 2.24) is 19.9 Å². The summed E-state index contributed by atoms with van der Waals surface area (Å²) < 4.78 is 13.4. The molecule has 3 aromatic heterocycles. The summed E-state index contributed by atoms with van der Waals surface area (Å²) in [6.07, 6.45) is 6.75. The Bertz CT molecular complexity index is 1000. The van der Waals surface area contributed by atoms with Crippen molar-refractivity contribution in [2.45, 2.75) is 0 Å². The van der Waals surface area contributed by atoms with Gasteiger partial charge in [-0.3, -0.25) is 9.97 Å². The first-order valence-electron chi connectivity index (χ1n) is 7.34. The average Bonchev–Trinajstić information content (AvgIpc) is 2.62. The second kappa shape index (κ2) is 6.00. The van der Waals surface area contributed by atoms with Crippen LogP contribution in [0, 0.1) is 5.82 Å². The van der Waals surface area contributed by atoms with E-state index in [0.29, 0.717) is 17.3 Å². The van der Waals surface area contributed by atoms with Gasteiger partial charge in [-0.15, -0.1) is 0 Å². The SMILES string of the molecule is Fc1cccc(Nc2nc(-c3ccncc3)nc3ccncc23)c1. The van der Waals surface area contributed by atoms with Crippen molar-refractivity contribution in [2.24, 2.45) is 0 Å². The third-order valence-corrected chi connectivity index (χ3v) is 3.52. The van der Waals surface area contributed by atoms with E-state index in [-0.39, 0.29) is 5.82 Å². The van der Waals surface area contributed by atoms with Crippen molar-refractivity contribution >= 4 is 22.4 Å². The smallest absolute Gasteiger partial charge is 0.162 e. The van der Waals surface area contributed by atoms with E-state index in [1.54, 1.807) is 36.9 Å². The number of aromatic nitrogens is 4. The van der Waals surface area contributed by atoms with Crippen LogP contribution >= 0.6 is 0 Å². The molecule has 4 rings (SSSR count). The van der Waals surface area contributed by atoms with Gasteiger partial charge in [-0.05, 0) is 36.4 Å². The molecule has 0 radical (unpaired) electrons. The van der Waals surface area contributed by atoms with Crippen molar-refractivity contribution < 1.29 is 4.39 Å². The van der Waals surface area contributed by atoms with E-state index < -0.39 is 0 Å². The first kappa shape index (κ1) is 14.2. The minimum atomic E-state index is -0.314. The van der Waals surface area contributed by atoms with Crippen molar-refractivity contribution in [2.75, 3.05) is 5.32 Å². The molecule has 0 fully saturated rings. The molecule has 0 saturated carbocycles. The zero-order chi connectivity index (χ0) is 16.4. The lowest BCUT2D eigenvalue weighted by Crippen LogP contribution is -2.00. The maximum absolute atomic E-state index is 13.4. The van der Waals surface area contributed by atoms with Gasteiger partial charge in [0, 0.05) is 36.0 Å². The van der Waals surface area contributed by atoms with Gasteiger partial charge in [0.15, 0.2) is 5.82 Å². The maximum atomic E-state index is 13.4. The highest BCUT2D eigenvalue weighted by molar-refractivity contribution is 5.91. The molecule has 0 unspecified atom stereocenters. The van der Waals surface area contributed by atoms with Crippen molar-refractivity contribution in [3.63, 3.8) is 0 Å². The molecule has 0 aliphatic rings. The van der Waals surface area contributed by atoms with Crippen molar-refractivity contribution in [1.29, 1.82) is 0 Å². The highest BCUT2D eigenvalue weighted by atomic mass is 19.1. The summed E-state index contributed by atoms with van der Waals surface area (Å²) in [5.41, 5.74) is 2.22. The van der Waals surface area contributed by atoms with E-state index in [0.717, 1.165) is 16.5 Å². The highest BCUT2D eigenvalue weighted by Gasteiger charge is 2.10. The number of hydrogen-bond acceptors (Lipinski definition) is 5. The monoisotopic (exact) mass is 317 g/mol. The molecule has 0 bridgehead atoms. The number of nitrogens with one attached hydrogen (secondary N) is 1. The topological polar surface area (TPSA) is 63.6 Å². The minimum Gasteiger partial charge on any atom is -0.339 e. The van der Waals surface area contributed by atoms with Crippen LogP contribution in [-0.4, -0.2) is 19.9 Å². The second-order valence-corrected chi connectivity index (χ2v) is 5.16. The molecule has 0 spiro atoms. The summed E-state index contributed by atoms with van der Waals surface area (Å²) in [7, 11) is 0. The largest absolute Gasteiger partial charge is 0.339 e. The summed E-state index contributed by atoms with van der Waals surface area (Å²) in [5.74, 6) is 0.825. The number of nitrogens with zero attached hydrogens (tertiary/aromatic N) is 4. The van der Waals surface area contributed by atoms with Gasteiger partial charge in [-0.25, -0.2) is 14.4 Å². The van der Waals surface area contributed by atoms with Crippen LogP contribution in [0.2, 0.25) is 0 Å². The summed E-state index contributed by atoms with van der Waals surface area (Å²) in [6.45, 7) is 0. The number of benzene rings is 1. The Balaban J connectivity index is 1.86. The molecular formula is C18H12FN5. The predicted octanol–water partition coefficient (Wildman–Crippen LogP) is 3.97. The normalized spacial score (nSPS) is 10.7. The van der Waals surface area contributed by atoms with Crippen LogP contribution in [0.15, 0.2) is 67.3 Å². The lowest BCUT2D eigenvalue weighted by Gasteiger charge is -2.10. The minimum absolute atomic E-state index is 0.314. The van der Waals surface area contributed by atoms with Gasteiger partial charge in [0.1, 0.15) is 11.6 Å². The molecule has 0 amide bonds. The molecule has 3 heterocycles. The first-order valence-corrected chi connectivity index (χ1v) is 7.34. The van der Waals surface area contributed by atoms with Crippen LogP contribution in [0.1, 0.15) is 0 Å². The van der Waals surface area contributed by atoms with Crippen LogP contribution in [0.5, 0.6) is 0 Å². The van der Waals surface area contributed by atoms with E-state index in [4.69, 9.17) is 0 Å². The highest BCUT2D eigenvalue weighted by Crippen LogP contribution is 2.26. The second-order valence-electron chi connectivity index (χ2n) is 5.16. The van der Waals surface area contributed by atoms with Gasteiger partial charge in [-0.2, -0.15) is 0 Å². The molecule has 116 valence electrons. The first-order chi connectivity index (χ1) is 11.8. The van der Waals surface area contributed by atoms with Crippen LogP contribution < -0.4 is 5.32 Å². The maximum Gasteiger partial charge on any atom is 0.162 e. The number of rotatable bonds is 3. The zero-order valence-corrected chi connectivity index (χ0v) is 12.5. The van der Waals surface area contributed by atoms with Crippen LogP contribution in [0.3, 0.4) is 0 Å². The molecule has 0 aliphatic heterocycles. The lowest BCUT2D eigenvalue weighted by molar-refractivity contribution is 0.628.